The summed E-state index contributed by atoms with van der Waals surface area (Å²) in [5.74, 6) is 0.109. The summed E-state index contributed by atoms with van der Waals surface area (Å²) in [6, 6.07) is 20.5. The molecule has 0 atom stereocenters. The van der Waals surface area contributed by atoms with Gasteiger partial charge in [-0.1, -0.05) is 35.0 Å². The van der Waals surface area contributed by atoms with E-state index in [9.17, 15) is 4.79 Å². The topological polar surface area (TPSA) is 59.5 Å². The van der Waals surface area contributed by atoms with E-state index in [4.69, 9.17) is 27.6 Å². The highest BCUT2D eigenvalue weighted by molar-refractivity contribution is 7.99. The SMILES string of the molecule is Cc1ccc(C)n1-c1ccc(Cl)c(C(=O)NN=Cc2ccc(Sc3ccc(Cl)cc3)o2)c1. The Hall–Kier alpha value is -2.93. The largest absolute Gasteiger partial charge is 0.448 e. The van der Waals surface area contributed by atoms with Crippen LogP contribution in [-0.2, 0) is 0 Å². The van der Waals surface area contributed by atoms with Crippen LogP contribution in [0.1, 0.15) is 27.5 Å². The van der Waals surface area contributed by atoms with Gasteiger partial charge < -0.3 is 8.98 Å². The molecule has 0 saturated heterocycles. The van der Waals surface area contributed by atoms with Crippen molar-refractivity contribution in [2.75, 3.05) is 0 Å². The first-order valence-corrected chi connectivity index (χ1v) is 11.3. The molecule has 5 nitrogen and oxygen atoms in total. The molecule has 0 radical (unpaired) electrons. The fraction of sp³-hybridized carbons (Fsp3) is 0.0833. The van der Waals surface area contributed by atoms with Crippen molar-refractivity contribution in [1.82, 2.24) is 9.99 Å². The van der Waals surface area contributed by atoms with Crippen LogP contribution in [0.25, 0.3) is 5.69 Å². The van der Waals surface area contributed by atoms with Crippen molar-refractivity contribution in [3.8, 4) is 5.69 Å². The van der Waals surface area contributed by atoms with Gasteiger partial charge in [-0.3, -0.25) is 4.79 Å². The van der Waals surface area contributed by atoms with E-state index in [0.29, 0.717) is 26.5 Å². The Labute approximate surface area is 200 Å². The monoisotopic (exact) mass is 483 g/mol. The minimum absolute atomic E-state index is 0.340. The first kappa shape index (κ1) is 22.3. The Bertz CT molecular complexity index is 1270. The second kappa shape index (κ2) is 9.69. The average molecular weight is 484 g/mol. The molecule has 0 unspecified atom stereocenters. The zero-order chi connectivity index (χ0) is 22.7. The van der Waals surface area contributed by atoms with Gasteiger partial charge in [0.15, 0.2) is 5.09 Å². The van der Waals surface area contributed by atoms with Crippen molar-refractivity contribution in [3.63, 3.8) is 0 Å². The highest BCUT2D eigenvalue weighted by Crippen LogP contribution is 2.29. The van der Waals surface area contributed by atoms with Gasteiger partial charge in [0, 0.05) is 27.0 Å². The van der Waals surface area contributed by atoms with E-state index in [-0.39, 0.29) is 0 Å². The van der Waals surface area contributed by atoms with E-state index in [2.05, 4.69) is 15.1 Å². The predicted molar refractivity (Wildman–Crippen MR) is 130 cm³/mol. The van der Waals surface area contributed by atoms with Crippen LogP contribution in [0.4, 0.5) is 0 Å². The molecule has 0 fully saturated rings. The zero-order valence-corrected chi connectivity index (χ0v) is 19.6. The van der Waals surface area contributed by atoms with Crippen LogP contribution in [0.5, 0.6) is 0 Å². The van der Waals surface area contributed by atoms with Gasteiger partial charge in [0.05, 0.1) is 16.8 Å². The summed E-state index contributed by atoms with van der Waals surface area (Å²) in [6.07, 6.45) is 1.45. The van der Waals surface area contributed by atoms with Crippen LogP contribution in [0.15, 0.2) is 86.2 Å². The van der Waals surface area contributed by atoms with Crippen LogP contribution in [0, 0.1) is 13.8 Å². The highest BCUT2D eigenvalue weighted by Gasteiger charge is 2.13. The minimum Gasteiger partial charge on any atom is -0.448 e. The Kier molecular flexibility index (Phi) is 6.74. The van der Waals surface area contributed by atoms with Crippen molar-refractivity contribution in [1.29, 1.82) is 0 Å². The highest BCUT2D eigenvalue weighted by atomic mass is 35.5. The normalized spacial score (nSPS) is 11.2. The number of aryl methyl sites for hydroxylation is 2. The molecule has 4 aromatic rings. The van der Waals surface area contributed by atoms with Crippen molar-refractivity contribution >= 4 is 47.1 Å². The van der Waals surface area contributed by atoms with E-state index in [1.165, 1.54) is 18.0 Å². The fourth-order valence-electron chi connectivity index (χ4n) is 3.19. The van der Waals surface area contributed by atoms with Gasteiger partial charge in [-0.2, -0.15) is 5.10 Å². The summed E-state index contributed by atoms with van der Waals surface area (Å²) in [5, 5.41) is 5.74. The lowest BCUT2D eigenvalue weighted by Crippen LogP contribution is -2.18. The van der Waals surface area contributed by atoms with Crippen LogP contribution in [-0.4, -0.2) is 16.7 Å². The number of amides is 1. The van der Waals surface area contributed by atoms with Gasteiger partial charge in [-0.15, -0.1) is 0 Å². The molecule has 2 aromatic heterocycles. The second-order valence-corrected chi connectivity index (χ2v) is 8.95. The van der Waals surface area contributed by atoms with Crippen molar-refractivity contribution in [3.05, 3.63) is 99.5 Å². The maximum Gasteiger partial charge on any atom is 0.272 e. The number of rotatable bonds is 6. The number of hydrogen-bond donors (Lipinski definition) is 1. The smallest absolute Gasteiger partial charge is 0.272 e. The van der Waals surface area contributed by atoms with Crippen LogP contribution in [0.3, 0.4) is 0 Å². The van der Waals surface area contributed by atoms with Gasteiger partial charge >= 0.3 is 0 Å². The van der Waals surface area contributed by atoms with E-state index >= 15 is 0 Å². The summed E-state index contributed by atoms with van der Waals surface area (Å²) in [7, 11) is 0. The summed E-state index contributed by atoms with van der Waals surface area (Å²) < 4.78 is 7.78. The molecule has 1 amide bonds. The van der Waals surface area contributed by atoms with E-state index in [0.717, 1.165) is 22.0 Å². The Morgan fingerprint density at radius 1 is 1.00 bits per heavy atom. The molecular weight excluding hydrogens is 465 g/mol. The van der Waals surface area contributed by atoms with Gasteiger partial charge in [-0.25, -0.2) is 5.43 Å². The van der Waals surface area contributed by atoms with E-state index in [1.54, 1.807) is 18.2 Å². The van der Waals surface area contributed by atoms with Gasteiger partial charge in [-0.05, 0) is 80.6 Å². The first-order valence-electron chi connectivity index (χ1n) is 9.72. The molecular formula is C24H19Cl2N3O2S. The lowest BCUT2D eigenvalue weighted by atomic mass is 10.2. The maximum absolute atomic E-state index is 12.7. The number of carbonyl (C=O) groups excluding carboxylic acids is 1. The van der Waals surface area contributed by atoms with Gasteiger partial charge in [0.2, 0.25) is 0 Å². The molecule has 4 rings (SSSR count). The van der Waals surface area contributed by atoms with Gasteiger partial charge in [0.1, 0.15) is 5.76 Å². The average Bonchev–Trinajstić information content (AvgIpc) is 3.36. The molecule has 0 bridgehead atoms. The molecule has 32 heavy (non-hydrogen) atoms. The Morgan fingerprint density at radius 3 is 2.44 bits per heavy atom. The molecule has 2 aromatic carbocycles. The lowest BCUT2D eigenvalue weighted by Gasteiger charge is -2.11. The number of hydrogen-bond acceptors (Lipinski definition) is 4. The van der Waals surface area contributed by atoms with Crippen LogP contribution in [0.2, 0.25) is 10.0 Å². The number of halogens is 2. The molecule has 0 saturated carbocycles. The first-order chi connectivity index (χ1) is 15.4. The Morgan fingerprint density at radius 2 is 1.72 bits per heavy atom. The second-order valence-electron chi connectivity index (χ2n) is 7.03. The fourth-order valence-corrected chi connectivity index (χ4v) is 4.30. The van der Waals surface area contributed by atoms with Crippen LogP contribution >= 0.6 is 35.0 Å². The lowest BCUT2D eigenvalue weighted by molar-refractivity contribution is 0.0955. The number of aromatic nitrogens is 1. The standard InChI is InChI=1S/C24H19Cl2N3O2S/c1-15-3-4-16(2)29(15)18-7-11-22(26)21(13-18)24(30)28-27-14-19-8-12-23(31-19)32-20-9-5-17(25)6-10-20/h3-14H,1-2H3,(H,28,30). The number of carbonyl (C=O) groups is 1. The van der Waals surface area contributed by atoms with Crippen molar-refractivity contribution < 1.29 is 9.21 Å². The number of furan rings is 1. The summed E-state index contributed by atoms with van der Waals surface area (Å²) >= 11 is 13.6. The quantitative estimate of drug-likeness (QED) is 0.239. The van der Waals surface area contributed by atoms with E-state index in [1.807, 2.05) is 62.4 Å². The number of nitrogens with zero attached hydrogens (tertiary/aromatic N) is 2. The zero-order valence-electron chi connectivity index (χ0n) is 17.3. The molecule has 162 valence electrons. The number of benzene rings is 2. The summed E-state index contributed by atoms with van der Waals surface area (Å²) in [6.45, 7) is 4.02. The molecule has 0 aliphatic heterocycles. The Balaban J connectivity index is 1.43. The number of hydrazone groups is 1. The third-order valence-electron chi connectivity index (χ3n) is 4.72. The molecule has 1 N–H and O–H groups in total. The number of nitrogens with one attached hydrogen (secondary N) is 1. The van der Waals surface area contributed by atoms with Gasteiger partial charge in [0.25, 0.3) is 5.91 Å². The predicted octanol–water partition coefficient (Wildman–Crippen LogP) is 6.91. The minimum atomic E-state index is -0.405. The molecule has 0 spiro atoms. The summed E-state index contributed by atoms with van der Waals surface area (Å²) in [4.78, 5) is 13.7. The third-order valence-corrected chi connectivity index (χ3v) is 6.23. The maximum atomic E-state index is 12.7. The third kappa shape index (κ3) is 5.10. The van der Waals surface area contributed by atoms with E-state index < -0.39 is 5.91 Å². The van der Waals surface area contributed by atoms with Crippen molar-refractivity contribution in [2.24, 2.45) is 5.10 Å². The molecule has 8 heteroatoms. The van der Waals surface area contributed by atoms with Crippen molar-refractivity contribution in [2.45, 2.75) is 23.8 Å². The molecule has 0 aliphatic carbocycles. The summed E-state index contributed by atoms with van der Waals surface area (Å²) in [5.41, 5.74) is 5.85. The molecule has 2 heterocycles. The van der Waals surface area contributed by atoms with Crippen LogP contribution < -0.4 is 5.43 Å². The molecule has 0 aliphatic rings.